The van der Waals surface area contributed by atoms with Crippen LogP contribution >= 0.6 is 0 Å². The number of piperazine rings is 1. The maximum Gasteiger partial charge on any atom is 0.320 e. The van der Waals surface area contributed by atoms with E-state index in [4.69, 9.17) is 4.74 Å². The Bertz CT molecular complexity index is 1400. The summed E-state index contributed by atoms with van der Waals surface area (Å²) in [7, 11) is -3.21. The third kappa shape index (κ3) is 5.23. The summed E-state index contributed by atoms with van der Waals surface area (Å²) in [6.45, 7) is 1.45. The van der Waals surface area contributed by atoms with Gasteiger partial charge in [0, 0.05) is 56.3 Å². The van der Waals surface area contributed by atoms with Gasteiger partial charge >= 0.3 is 6.55 Å². The molecule has 2 aromatic heterocycles. The molecule has 5 rings (SSSR count). The number of carbonyl (C=O) groups excluding carboxylic acids is 1. The van der Waals surface area contributed by atoms with E-state index in [1.165, 1.54) is 10.6 Å². The number of amides is 1. The normalized spacial score (nSPS) is 20.0. The van der Waals surface area contributed by atoms with Gasteiger partial charge in [-0.25, -0.2) is 18.4 Å². The third-order valence-electron chi connectivity index (χ3n) is 6.94. The molecule has 1 amide bonds. The second-order valence-electron chi connectivity index (χ2n) is 9.40. The first-order chi connectivity index (χ1) is 17.6. The summed E-state index contributed by atoms with van der Waals surface area (Å²) in [6, 6.07) is 9.25. The van der Waals surface area contributed by atoms with E-state index in [9.17, 15) is 22.0 Å². The fourth-order valence-electron chi connectivity index (χ4n) is 4.76. The summed E-state index contributed by atoms with van der Waals surface area (Å²) in [5, 5.41) is 2.76. The number of hydrogen-bond acceptors (Lipinski definition) is 7. The van der Waals surface area contributed by atoms with Crippen molar-refractivity contribution in [2.75, 3.05) is 43.9 Å². The zero-order valence-electron chi connectivity index (χ0n) is 20.5. The van der Waals surface area contributed by atoms with Crippen molar-refractivity contribution >= 4 is 32.7 Å². The third-order valence-corrected chi connectivity index (χ3v) is 8.24. The van der Waals surface area contributed by atoms with Gasteiger partial charge in [-0.1, -0.05) is 12.1 Å². The number of aromatic nitrogens is 3. The number of nitrogens with zero attached hydrogens (tertiary/aromatic N) is 5. The number of imidazole rings is 1. The zero-order valence-corrected chi connectivity index (χ0v) is 21.3. The number of nitrogens with one attached hydrogen (secondary N) is 1. The highest BCUT2D eigenvalue weighted by Gasteiger charge is 2.30. The molecule has 2 fully saturated rings. The van der Waals surface area contributed by atoms with Gasteiger partial charge in [0.25, 0.3) is 0 Å². The highest BCUT2D eigenvalue weighted by Crippen LogP contribution is 2.33. The molecule has 13 heteroatoms. The van der Waals surface area contributed by atoms with Crippen molar-refractivity contribution < 1.29 is 26.7 Å². The minimum Gasteiger partial charge on any atom is -0.473 e. The molecule has 0 saturated carbocycles. The van der Waals surface area contributed by atoms with Crippen LogP contribution in [-0.2, 0) is 14.8 Å². The highest BCUT2D eigenvalue weighted by molar-refractivity contribution is 7.88. The molecule has 2 saturated heterocycles. The summed E-state index contributed by atoms with van der Waals surface area (Å²) in [4.78, 5) is 22.5. The number of anilines is 1. The van der Waals surface area contributed by atoms with Gasteiger partial charge < -0.3 is 15.0 Å². The molecule has 3 aromatic rings. The monoisotopic (exact) mass is 534 g/mol. The first-order valence-electron chi connectivity index (χ1n) is 12.0. The SMILES string of the molecule is C[C@@H](Oc1nc(-c2ccc(N3CCN(S(C)(=O)=O)CC3)cc2)cc2ncn(C(F)F)c12)C1CNC(=O)C1. The van der Waals surface area contributed by atoms with Crippen molar-refractivity contribution in [2.45, 2.75) is 26.0 Å². The first-order valence-corrected chi connectivity index (χ1v) is 13.8. The Morgan fingerprint density at radius 3 is 2.43 bits per heavy atom. The van der Waals surface area contributed by atoms with E-state index >= 15 is 0 Å². The van der Waals surface area contributed by atoms with Crippen molar-refractivity contribution in [3.63, 3.8) is 0 Å². The minimum atomic E-state index is -3.21. The van der Waals surface area contributed by atoms with Crippen LogP contribution in [-0.4, -0.2) is 78.2 Å². The Morgan fingerprint density at radius 2 is 1.84 bits per heavy atom. The van der Waals surface area contributed by atoms with E-state index in [0.29, 0.717) is 50.4 Å². The lowest BCUT2D eigenvalue weighted by atomic mass is 10.0. The molecule has 1 N–H and O–H groups in total. The van der Waals surface area contributed by atoms with Gasteiger partial charge in [-0.3, -0.25) is 9.36 Å². The fraction of sp³-hybridized carbons (Fsp3) is 0.458. The number of sulfonamides is 1. The summed E-state index contributed by atoms with van der Waals surface area (Å²) in [5.41, 5.74) is 2.64. The Hall–Kier alpha value is -3.32. The van der Waals surface area contributed by atoms with Gasteiger partial charge in [0.1, 0.15) is 17.9 Å². The van der Waals surface area contributed by atoms with Crippen LogP contribution in [0, 0.1) is 5.92 Å². The molecule has 2 aliphatic heterocycles. The number of hydrogen-bond donors (Lipinski definition) is 1. The van der Waals surface area contributed by atoms with Crippen molar-refractivity contribution in [3.05, 3.63) is 36.7 Å². The molecular weight excluding hydrogens is 506 g/mol. The second kappa shape index (κ2) is 9.86. The molecule has 198 valence electrons. The number of halogens is 2. The van der Waals surface area contributed by atoms with Crippen LogP contribution in [0.4, 0.5) is 14.5 Å². The van der Waals surface area contributed by atoms with Crippen LogP contribution in [0.3, 0.4) is 0 Å². The average molecular weight is 535 g/mol. The van der Waals surface area contributed by atoms with E-state index in [-0.39, 0.29) is 23.2 Å². The number of rotatable bonds is 7. The Morgan fingerprint density at radius 1 is 1.14 bits per heavy atom. The molecule has 1 unspecified atom stereocenters. The molecule has 2 atom stereocenters. The predicted octanol–water partition coefficient (Wildman–Crippen LogP) is 2.48. The van der Waals surface area contributed by atoms with Gasteiger partial charge in [-0.15, -0.1) is 0 Å². The molecular formula is C24H28F2N6O4S. The van der Waals surface area contributed by atoms with E-state index in [2.05, 4.69) is 20.2 Å². The summed E-state index contributed by atoms with van der Waals surface area (Å²) >= 11 is 0. The zero-order chi connectivity index (χ0) is 26.3. The fourth-order valence-corrected chi connectivity index (χ4v) is 5.58. The van der Waals surface area contributed by atoms with Crippen LogP contribution in [0.2, 0.25) is 0 Å². The van der Waals surface area contributed by atoms with Crippen LogP contribution in [0.5, 0.6) is 5.88 Å². The number of benzene rings is 1. The molecule has 37 heavy (non-hydrogen) atoms. The van der Waals surface area contributed by atoms with E-state index in [0.717, 1.165) is 22.1 Å². The molecule has 1 aromatic carbocycles. The quantitative estimate of drug-likeness (QED) is 0.496. The Balaban J connectivity index is 1.41. The van der Waals surface area contributed by atoms with Gasteiger partial charge in [0.15, 0.2) is 0 Å². The van der Waals surface area contributed by atoms with E-state index < -0.39 is 22.7 Å². The van der Waals surface area contributed by atoms with Crippen LogP contribution in [0.25, 0.3) is 22.3 Å². The lowest BCUT2D eigenvalue weighted by Crippen LogP contribution is -2.48. The van der Waals surface area contributed by atoms with E-state index in [1.54, 1.807) is 13.0 Å². The predicted molar refractivity (Wildman–Crippen MR) is 134 cm³/mol. The Labute approximate surface area is 213 Å². The van der Waals surface area contributed by atoms with Crippen LogP contribution < -0.4 is 15.0 Å². The molecule has 4 heterocycles. The van der Waals surface area contributed by atoms with Crippen molar-refractivity contribution in [3.8, 4) is 17.1 Å². The minimum absolute atomic E-state index is 0.0399. The molecule has 0 bridgehead atoms. The molecule has 0 aliphatic carbocycles. The standard InChI is InChI=1S/C24H28F2N6O4S/c1-15(17-11-21(33)27-13-17)36-23-22-20(28-14-32(22)24(25)26)12-19(29-23)16-3-5-18(6-4-16)30-7-9-31(10-8-30)37(2,34)35/h3-6,12,14-15,17,24H,7-11,13H2,1-2H3,(H,27,33)/t15-,17?/m1/s1. The van der Waals surface area contributed by atoms with Crippen LogP contribution in [0.1, 0.15) is 19.9 Å². The average Bonchev–Trinajstić information content (AvgIpc) is 3.50. The number of carbonyl (C=O) groups is 1. The largest absolute Gasteiger partial charge is 0.473 e. The lowest BCUT2D eigenvalue weighted by Gasteiger charge is -2.34. The number of fused-ring (bicyclic) bond motifs is 1. The maximum absolute atomic E-state index is 13.7. The number of ether oxygens (including phenoxy) is 1. The van der Waals surface area contributed by atoms with Crippen molar-refractivity contribution in [2.24, 2.45) is 5.92 Å². The molecule has 10 nitrogen and oxygen atoms in total. The van der Waals surface area contributed by atoms with Gasteiger partial charge in [0.05, 0.1) is 17.5 Å². The molecule has 0 radical (unpaired) electrons. The number of alkyl halides is 2. The van der Waals surface area contributed by atoms with E-state index in [1.807, 2.05) is 24.3 Å². The first kappa shape index (κ1) is 25.3. The molecule has 2 aliphatic rings. The topological polar surface area (TPSA) is 110 Å². The van der Waals surface area contributed by atoms with Gasteiger partial charge in [-0.05, 0) is 25.1 Å². The second-order valence-corrected chi connectivity index (χ2v) is 11.4. The van der Waals surface area contributed by atoms with Crippen LogP contribution in [0.15, 0.2) is 36.7 Å². The smallest absolute Gasteiger partial charge is 0.320 e. The molecule has 0 spiro atoms. The lowest BCUT2D eigenvalue weighted by molar-refractivity contribution is -0.119. The highest BCUT2D eigenvalue weighted by atomic mass is 32.2. The summed E-state index contributed by atoms with van der Waals surface area (Å²) in [5.74, 6) is -0.126. The van der Waals surface area contributed by atoms with Gasteiger partial charge in [-0.2, -0.15) is 13.1 Å². The van der Waals surface area contributed by atoms with Crippen molar-refractivity contribution in [1.29, 1.82) is 0 Å². The Kier molecular flexibility index (Phi) is 6.75. The summed E-state index contributed by atoms with van der Waals surface area (Å²) < 4.78 is 59.2. The van der Waals surface area contributed by atoms with Crippen molar-refractivity contribution in [1.82, 2.24) is 24.2 Å². The summed E-state index contributed by atoms with van der Waals surface area (Å²) in [6.07, 6.45) is 2.16. The maximum atomic E-state index is 13.7. The van der Waals surface area contributed by atoms with Gasteiger partial charge in [0.2, 0.25) is 21.8 Å². The number of pyridine rings is 1.